The van der Waals surface area contributed by atoms with E-state index in [0.717, 1.165) is 11.1 Å². The highest BCUT2D eigenvalue weighted by atomic mass is 79.9. The van der Waals surface area contributed by atoms with Crippen molar-refractivity contribution in [3.8, 4) is 11.5 Å². The van der Waals surface area contributed by atoms with Gasteiger partial charge in [-0.25, -0.2) is 4.79 Å². The van der Waals surface area contributed by atoms with Crippen molar-refractivity contribution in [2.45, 2.75) is 33.3 Å². The minimum Gasteiger partial charge on any atom is -0.490 e. The highest BCUT2D eigenvalue weighted by Gasteiger charge is 2.13. The SMILES string of the molecule is CCOc1cc(C=Nn2c(=O)[nH]c3ccccc3c2=O)c(Br)cc1O[C@H](C)CC. The molecule has 1 heterocycles. The first-order valence-electron chi connectivity index (χ1n) is 9.36. The number of aromatic amines is 1. The molecule has 0 aliphatic rings. The highest BCUT2D eigenvalue weighted by Crippen LogP contribution is 2.34. The number of para-hydroxylation sites is 1. The van der Waals surface area contributed by atoms with Crippen molar-refractivity contribution < 1.29 is 9.47 Å². The van der Waals surface area contributed by atoms with Crippen LogP contribution in [0.15, 0.2) is 55.6 Å². The van der Waals surface area contributed by atoms with Crippen LogP contribution >= 0.6 is 15.9 Å². The van der Waals surface area contributed by atoms with Crippen molar-refractivity contribution in [2.24, 2.45) is 5.10 Å². The third kappa shape index (κ3) is 4.59. The van der Waals surface area contributed by atoms with Crippen molar-refractivity contribution in [1.82, 2.24) is 9.66 Å². The number of rotatable bonds is 7. The van der Waals surface area contributed by atoms with Gasteiger partial charge in [0.15, 0.2) is 11.5 Å². The molecule has 3 rings (SSSR count). The van der Waals surface area contributed by atoms with Crippen molar-refractivity contribution in [2.75, 3.05) is 6.61 Å². The molecule has 0 amide bonds. The lowest BCUT2D eigenvalue weighted by Gasteiger charge is -2.17. The summed E-state index contributed by atoms with van der Waals surface area (Å²) in [5.41, 5.74) is 0.0195. The second-order valence-corrected chi connectivity index (χ2v) is 7.28. The van der Waals surface area contributed by atoms with Crippen LogP contribution < -0.4 is 20.7 Å². The fraction of sp³-hybridized carbons (Fsp3) is 0.286. The molecule has 8 heteroatoms. The molecule has 0 radical (unpaired) electrons. The van der Waals surface area contributed by atoms with Gasteiger partial charge in [0.05, 0.1) is 29.8 Å². The van der Waals surface area contributed by atoms with Gasteiger partial charge in [0.25, 0.3) is 5.56 Å². The second-order valence-electron chi connectivity index (χ2n) is 6.43. The second kappa shape index (κ2) is 9.09. The number of H-pyrrole nitrogens is 1. The van der Waals surface area contributed by atoms with Crippen LogP contribution in [0.1, 0.15) is 32.8 Å². The number of fused-ring (bicyclic) bond motifs is 1. The monoisotopic (exact) mass is 459 g/mol. The Bertz CT molecular complexity index is 1170. The lowest BCUT2D eigenvalue weighted by atomic mass is 10.2. The Morgan fingerprint density at radius 3 is 2.69 bits per heavy atom. The third-order valence-electron chi connectivity index (χ3n) is 4.36. The molecule has 29 heavy (non-hydrogen) atoms. The molecule has 0 aliphatic carbocycles. The van der Waals surface area contributed by atoms with Crippen LogP contribution in [0.3, 0.4) is 0 Å². The van der Waals surface area contributed by atoms with Crippen molar-refractivity contribution >= 4 is 33.0 Å². The van der Waals surface area contributed by atoms with E-state index in [-0.39, 0.29) is 6.10 Å². The standard InChI is InChI=1S/C21H22BrN3O4/c1-4-13(3)29-19-11-16(22)14(10-18(19)28-5-2)12-23-25-20(26)15-8-6-7-9-17(15)24-21(25)27/h6-13H,4-5H2,1-3H3,(H,24,27)/t13-/m1/s1. The first-order valence-corrected chi connectivity index (χ1v) is 10.1. The Morgan fingerprint density at radius 1 is 1.21 bits per heavy atom. The fourth-order valence-corrected chi connectivity index (χ4v) is 3.11. The van der Waals surface area contributed by atoms with E-state index in [4.69, 9.17) is 9.47 Å². The molecule has 1 N–H and O–H groups in total. The van der Waals surface area contributed by atoms with Crippen LogP contribution in [-0.4, -0.2) is 28.6 Å². The quantitative estimate of drug-likeness (QED) is 0.542. The summed E-state index contributed by atoms with van der Waals surface area (Å²) in [7, 11) is 0. The van der Waals surface area contributed by atoms with Gasteiger partial charge in [-0.15, -0.1) is 4.68 Å². The summed E-state index contributed by atoms with van der Waals surface area (Å²) in [6.07, 6.45) is 2.33. The molecule has 0 saturated carbocycles. The topological polar surface area (TPSA) is 85.7 Å². The minimum atomic E-state index is -0.608. The Balaban J connectivity index is 2.03. The zero-order valence-electron chi connectivity index (χ0n) is 16.4. The van der Waals surface area contributed by atoms with Crippen molar-refractivity contribution in [1.29, 1.82) is 0 Å². The molecule has 0 fully saturated rings. The first-order chi connectivity index (χ1) is 13.9. The summed E-state index contributed by atoms with van der Waals surface area (Å²) < 4.78 is 13.1. The predicted octanol–water partition coefficient (Wildman–Crippen LogP) is 3.91. The molecule has 0 saturated heterocycles. The molecule has 1 aromatic heterocycles. The number of ether oxygens (including phenoxy) is 2. The molecule has 1 atom stereocenters. The van der Waals surface area contributed by atoms with Crippen LogP contribution in [-0.2, 0) is 0 Å². The van der Waals surface area contributed by atoms with Crippen LogP contribution in [0.5, 0.6) is 11.5 Å². The predicted molar refractivity (Wildman–Crippen MR) is 118 cm³/mol. The Labute approximate surface area is 176 Å². The summed E-state index contributed by atoms with van der Waals surface area (Å²) in [6, 6.07) is 10.4. The molecular formula is C21H22BrN3O4. The lowest BCUT2D eigenvalue weighted by Crippen LogP contribution is -2.32. The summed E-state index contributed by atoms with van der Waals surface area (Å²) in [6.45, 7) is 6.38. The van der Waals surface area contributed by atoms with E-state index in [1.54, 1.807) is 36.4 Å². The number of aromatic nitrogens is 2. The van der Waals surface area contributed by atoms with E-state index < -0.39 is 11.2 Å². The summed E-state index contributed by atoms with van der Waals surface area (Å²) in [4.78, 5) is 27.5. The molecule has 152 valence electrons. The van der Waals surface area contributed by atoms with E-state index in [2.05, 4.69) is 26.0 Å². The normalized spacial score (nSPS) is 12.4. The molecule has 0 aliphatic heterocycles. The van der Waals surface area contributed by atoms with E-state index in [0.29, 0.717) is 39.0 Å². The molecular weight excluding hydrogens is 438 g/mol. The maximum atomic E-state index is 12.6. The minimum absolute atomic E-state index is 0.0374. The van der Waals surface area contributed by atoms with Gasteiger partial charge < -0.3 is 14.5 Å². The van der Waals surface area contributed by atoms with Crippen molar-refractivity contribution in [3.05, 3.63) is 67.3 Å². The van der Waals surface area contributed by atoms with E-state index >= 15 is 0 Å². The van der Waals surface area contributed by atoms with E-state index in [1.165, 1.54) is 6.21 Å². The zero-order chi connectivity index (χ0) is 21.0. The number of nitrogens with zero attached hydrogens (tertiary/aromatic N) is 2. The maximum absolute atomic E-state index is 12.6. The molecule has 0 unspecified atom stereocenters. The summed E-state index contributed by atoms with van der Waals surface area (Å²) in [5, 5.41) is 4.49. The number of hydrogen-bond donors (Lipinski definition) is 1. The van der Waals surface area contributed by atoms with Crippen LogP contribution in [0, 0.1) is 0 Å². The van der Waals surface area contributed by atoms with Gasteiger partial charge in [0.2, 0.25) is 0 Å². The molecule has 3 aromatic rings. The number of benzene rings is 2. The molecule has 7 nitrogen and oxygen atoms in total. The maximum Gasteiger partial charge on any atom is 0.349 e. The van der Waals surface area contributed by atoms with Crippen LogP contribution in [0.25, 0.3) is 10.9 Å². The van der Waals surface area contributed by atoms with Gasteiger partial charge in [-0.3, -0.25) is 4.79 Å². The third-order valence-corrected chi connectivity index (χ3v) is 5.05. The summed E-state index contributed by atoms with van der Waals surface area (Å²) >= 11 is 3.49. The van der Waals surface area contributed by atoms with Gasteiger partial charge in [-0.05, 0) is 60.5 Å². The summed E-state index contributed by atoms with van der Waals surface area (Å²) in [5.74, 6) is 1.18. The zero-order valence-corrected chi connectivity index (χ0v) is 18.0. The largest absolute Gasteiger partial charge is 0.490 e. The smallest absolute Gasteiger partial charge is 0.349 e. The molecule has 2 aromatic carbocycles. The molecule has 0 bridgehead atoms. The number of halogens is 1. The highest BCUT2D eigenvalue weighted by molar-refractivity contribution is 9.10. The first kappa shape index (κ1) is 20.9. The molecule has 0 spiro atoms. The lowest BCUT2D eigenvalue weighted by molar-refractivity contribution is 0.203. The van der Waals surface area contributed by atoms with E-state index in [1.807, 2.05) is 20.8 Å². The Morgan fingerprint density at radius 2 is 1.97 bits per heavy atom. The Kier molecular flexibility index (Phi) is 6.53. The Hall–Kier alpha value is -2.87. The fourth-order valence-electron chi connectivity index (χ4n) is 2.69. The van der Waals surface area contributed by atoms with Gasteiger partial charge in [-0.2, -0.15) is 5.10 Å². The number of hydrogen-bond acceptors (Lipinski definition) is 5. The van der Waals surface area contributed by atoms with Gasteiger partial charge in [-0.1, -0.05) is 19.1 Å². The van der Waals surface area contributed by atoms with E-state index in [9.17, 15) is 9.59 Å². The van der Waals surface area contributed by atoms with Crippen LogP contribution in [0.4, 0.5) is 0 Å². The van der Waals surface area contributed by atoms with Crippen molar-refractivity contribution in [3.63, 3.8) is 0 Å². The van der Waals surface area contributed by atoms with Gasteiger partial charge in [0.1, 0.15) is 0 Å². The number of nitrogens with one attached hydrogen (secondary N) is 1. The van der Waals surface area contributed by atoms with Gasteiger partial charge in [0, 0.05) is 10.0 Å². The average Bonchev–Trinajstić information content (AvgIpc) is 2.70. The van der Waals surface area contributed by atoms with Gasteiger partial charge >= 0.3 is 5.69 Å². The van der Waals surface area contributed by atoms with Crippen LogP contribution in [0.2, 0.25) is 0 Å². The average molecular weight is 460 g/mol.